The van der Waals surface area contributed by atoms with Crippen molar-refractivity contribution in [1.82, 2.24) is 25.0 Å². The van der Waals surface area contributed by atoms with Gasteiger partial charge in [0.25, 0.3) is 5.91 Å². The highest BCUT2D eigenvalue weighted by molar-refractivity contribution is 6.02. The van der Waals surface area contributed by atoms with Crippen LogP contribution in [0.5, 0.6) is 0 Å². The van der Waals surface area contributed by atoms with Gasteiger partial charge in [-0.15, -0.1) is 10.2 Å². The van der Waals surface area contributed by atoms with Gasteiger partial charge in [-0.1, -0.05) is 18.2 Å². The second-order valence-electron chi connectivity index (χ2n) is 6.51. The molecule has 144 valence electrons. The van der Waals surface area contributed by atoms with Gasteiger partial charge in [0.1, 0.15) is 18.2 Å². The minimum atomic E-state index is -0.299. The molecular weight excluding hydrogens is 358 g/mol. The Kier molecular flexibility index (Phi) is 5.24. The molecule has 0 saturated carbocycles. The van der Waals surface area contributed by atoms with Crippen LogP contribution < -0.4 is 10.6 Å². The predicted octanol–water partition coefficient (Wildman–Crippen LogP) is 2.41. The summed E-state index contributed by atoms with van der Waals surface area (Å²) in [6.45, 7) is 1.23. The molecule has 0 fully saturated rings. The first kappa shape index (κ1) is 18.1. The average molecular weight is 379 g/mol. The van der Waals surface area contributed by atoms with E-state index < -0.39 is 0 Å². The number of ether oxygens (including phenoxy) is 1. The Hall–Kier alpha value is -3.33. The summed E-state index contributed by atoms with van der Waals surface area (Å²) in [5.74, 6) is 1.83. The van der Waals surface area contributed by atoms with Crippen molar-refractivity contribution in [3.63, 3.8) is 0 Å². The number of anilines is 2. The molecule has 9 heteroatoms. The molecule has 0 bridgehead atoms. The molecule has 28 heavy (non-hydrogen) atoms. The molecule has 3 heterocycles. The van der Waals surface area contributed by atoms with E-state index in [-0.39, 0.29) is 17.6 Å². The van der Waals surface area contributed by atoms with Crippen LogP contribution in [0.2, 0.25) is 0 Å². The zero-order valence-corrected chi connectivity index (χ0v) is 15.5. The SMILES string of the molecule is COCc1nc2n(n1)CCCC2Nc1ccc(C(=O)Nc2ccccc2)nn1. The number of hydrogen-bond acceptors (Lipinski definition) is 7. The van der Waals surface area contributed by atoms with E-state index in [2.05, 4.69) is 30.9 Å². The summed E-state index contributed by atoms with van der Waals surface area (Å²) in [6, 6.07) is 12.6. The maximum absolute atomic E-state index is 12.3. The van der Waals surface area contributed by atoms with Crippen LogP contribution in [0.1, 0.15) is 41.0 Å². The van der Waals surface area contributed by atoms with E-state index in [1.165, 1.54) is 0 Å². The number of rotatable bonds is 6. The maximum Gasteiger partial charge on any atom is 0.276 e. The number of carbonyl (C=O) groups excluding carboxylic acids is 1. The van der Waals surface area contributed by atoms with Crippen molar-refractivity contribution in [3.05, 3.63) is 59.8 Å². The van der Waals surface area contributed by atoms with Crippen LogP contribution in [-0.2, 0) is 17.9 Å². The molecule has 0 radical (unpaired) electrons. The fourth-order valence-electron chi connectivity index (χ4n) is 3.15. The molecule has 1 aromatic carbocycles. The van der Waals surface area contributed by atoms with Crippen LogP contribution in [0.4, 0.5) is 11.5 Å². The van der Waals surface area contributed by atoms with Crippen molar-refractivity contribution in [2.45, 2.75) is 32.0 Å². The molecule has 9 nitrogen and oxygen atoms in total. The number of methoxy groups -OCH3 is 1. The number of aromatic nitrogens is 5. The van der Waals surface area contributed by atoms with E-state index in [9.17, 15) is 4.79 Å². The van der Waals surface area contributed by atoms with Crippen molar-refractivity contribution in [2.24, 2.45) is 0 Å². The van der Waals surface area contributed by atoms with Gasteiger partial charge in [-0.3, -0.25) is 4.79 Å². The number of aryl methyl sites for hydroxylation is 1. The van der Waals surface area contributed by atoms with Gasteiger partial charge < -0.3 is 15.4 Å². The molecule has 0 aliphatic carbocycles. The van der Waals surface area contributed by atoms with Crippen LogP contribution in [-0.4, -0.2) is 38.0 Å². The predicted molar refractivity (Wildman–Crippen MR) is 103 cm³/mol. The third-order valence-electron chi connectivity index (χ3n) is 4.44. The van der Waals surface area contributed by atoms with Crippen LogP contribution in [0.25, 0.3) is 0 Å². The van der Waals surface area contributed by atoms with Crippen molar-refractivity contribution >= 4 is 17.4 Å². The van der Waals surface area contributed by atoms with Gasteiger partial charge in [-0.05, 0) is 37.1 Å². The van der Waals surface area contributed by atoms with Crippen LogP contribution in [0.3, 0.4) is 0 Å². The summed E-state index contributed by atoms with van der Waals surface area (Å²) < 4.78 is 7.03. The number of para-hydroxylation sites is 1. The van der Waals surface area contributed by atoms with Crippen molar-refractivity contribution in [3.8, 4) is 0 Å². The number of fused-ring (bicyclic) bond motifs is 1. The summed E-state index contributed by atoms with van der Waals surface area (Å²) in [4.78, 5) is 16.8. The lowest BCUT2D eigenvalue weighted by Gasteiger charge is -2.23. The molecule has 1 amide bonds. The van der Waals surface area contributed by atoms with Gasteiger partial charge in [0.05, 0.1) is 6.04 Å². The maximum atomic E-state index is 12.3. The van der Waals surface area contributed by atoms with Crippen LogP contribution in [0.15, 0.2) is 42.5 Å². The van der Waals surface area contributed by atoms with Gasteiger partial charge in [0.2, 0.25) is 0 Å². The first-order valence-electron chi connectivity index (χ1n) is 9.12. The summed E-state index contributed by atoms with van der Waals surface area (Å²) >= 11 is 0. The van der Waals surface area contributed by atoms with Crippen molar-refractivity contribution < 1.29 is 9.53 Å². The highest BCUT2D eigenvalue weighted by Gasteiger charge is 2.24. The Bertz CT molecular complexity index is 941. The Labute approximate surface area is 162 Å². The third-order valence-corrected chi connectivity index (χ3v) is 4.44. The van der Waals surface area contributed by atoms with Crippen molar-refractivity contribution in [1.29, 1.82) is 0 Å². The minimum absolute atomic E-state index is 0.00912. The van der Waals surface area contributed by atoms with E-state index in [0.29, 0.717) is 23.9 Å². The summed E-state index contributed by atoms with van der Waals surface area (Å²) in [6.07, 6.45) is 1.91. The molecule has 0 saturated heterocycles. The Morgan fingerprint density at radius 2 is 2.07 bits per heavy atom. The molecule has 1 unspecified atom stereocenters. The summed E-state index contributed by atoms with van der Waals surface area (Å²) in [5.41, 5.74) is 0.966. The number of hydrogen-bond donors (Lipinski definition) is 2. The smallest absolute Gasteiger partial charge is 0.276 e. The number of benzene rings is 1. The van der Waals surface area contributed by atoms with E-state index in [1.54, 1.807) is 19.2 Å². The highest BCUT2D eigenvalue weighted by atomic mass is 16.5. The van der Waals surface area contributed by atoms with E-state index >= 15 is 0 Å². The minimum Gasteiger partial charge on any atom is -0.377 e. The molecule has 3 aromatic rings. The third kappa shape index (κ3) is 3.99. The molecule has 1 aliphatic rings. The fourth-order valence-corrected chi connectivity index (χ4v) is 3.15. The lowest BCUT2D eigenvalue weighted by Crippen LogP contribution is -2.23. The van der Waals surface area contributed by atoms with Gasteiger partial charge in [-0.25, -0.2) is 9.67 Å². The fraction of sp³-hybridized carbons (Fsp3) is 0.316. The number of amides is 1. The van der Waals surface area contributed by atoms with Crippen LogP contribution in [0, 0.1) is 0 Å². The second kappa shape index (κ2) is 8.13. The molecule has 0 spiro atoms. The molecule has 4 rings (SSSR count). The number of nitrogens with one attached hydrogen (secondary N) is 2. The Balaban J connectivity index is 1.43. The summed E-state index contributed by atoms with van der Waals surface area (Å²) in [7, 11) is 1.63. The topological polar surface area (TPSA) is 107 Å². The van der Waals surface area contributed by atoms with Crippen LogP contribution >= 0.6 is 0 Å². The lowest BCUT2D eigenvalue weighted by molar-refractivity contribution is 0.102. The van der Waals surface area contributed by atoms with E-state index in [4.69, 9.17) is 4.74 Å². The normalized spacial score (nSPS) is 15.7. The molecule has 1 aliphatic heterocycles. The van der Waals surface area contributed by atoms with E-state index in [1.807, 2.05) is 35.0 Å². The molecule has 2 N–H and O–H groups in total. The van der Waals surface area contributed by atoms with Gasteiger partial charge in [-0.2, -0.15) is 5.10 Å². The van der Waals surface area contributed by atoms with Crippen molar-refractivity contribution in [2.75, 3.05) is 17.7 Å². The number of carbonyl (C=O) groups is 1. The number of nitrogens with zero attached hydrogens (tertiary/aromatic N) is 5. The summed E-state index contributed by atoms with van der Waals surface area (Å²) in [5, 5.41) is 18.8. The average Bonchev–Trinajstić information content (AvgIpc) is 3.13. The first-order valence-corrected chi connectivity index (χ1v) is 9.12. The largest absolute Gasteiger partial charge is 0.377 e. The monoisotopic (exact) mass is 379 g/mol. The standard InChI is InChI=1S/C19H21N7O2/c1-28-12-17-22-18-14(8-5-11-26(18)25-17)21-16-10-9-15(23-24-16)19(27)20-13-6-3-2-4-7-13/h2-4,6-7,9-10,14H,5,8,11-12H2,1H3,(H,20,27)(H,21,24). The zero-order chi connectivity index (χ0) is 19.3. The first-order chi connectivity index (χ1) is 13.7. The van der Waals surface area contributed by atoms with Gasteiger partial charge in [0, 0.05) is 19.3 Å². The molecular formula is C19H21N7O2. The Morgan fingerprint density at radius 3 is 2.82 bits per heavy atom. The highest BCUT2D eigenvalue weighted by Crippen LogP contribution is 2.26. The van der Waals surface area contributed by atoms with Gasteiger partial charge in [0.15, 0.2) is 11.5 Å². The zero-order valence-electron chi connectivity index (χ0n) is 15.5. The molecule has 1 atom stereocenters. The quantitative estimate of drug-likeness (QED) is 0.677. The Morgan fingerprint density at radius 1 is 1.21 bits per heavy atom. The molecule has 2 aromatic heterocycles. The second-order valence-corrected chi connectivity index (χ2v) is 6.51. The lowest BCUT2D eigenvalue weighted by atomic mass is 10.1. The van der Waals surface area contributed by atoms with Gasteiger partial charge >= 0.3 is 0 Å². The van der Waals surface area contributed by atoms with E-state index in [0.717, 1.165) is 25.2 Å².